The Bertz CT molecular complexity index is 2600. The van der Waals surface area contributed by atoms with Gasteiger partial charge in [0.05, 0.1) is 11.2 Å². The Balaban J connectivity index is 1.36. The van der Waals surface area contributed by atoms with Gasteiger partial charge < -0.3 is 9.46 Å². The average Bonchev–Trinajstić information content (AvgIpc) is 3.21. The van der Waals surface area contributed by atoms with Crippen LogP contribution in [0.4, 0.5) is 17.1 Å². The predicted molar refractivity (Wildman–Crippen MR) is 216 cm³/mol. The van der Waals surface area contributed by atoms with Crippen LogP contribution in [0.2, 0.25) is 0 Å². The fourth-order valence-corrected chi connectivity index (χ4v) is 10.2. The van der Waals surface area contributed by atoms with Crippen LogP contribution in [0.1, 0.15) is 0 Å². The zero-order valence-electron chi connectivity index (χ0n) is 27.8. The molecule has 51 heavy (non-hydrogen) atoms. The van der Waals surface area contributed by atoms with Crippen molar-refractivity contribution in [2.24, 2.45) is 0 Å². The highest BCUT2D eigenvalue weighted by Crippen LogP contribution is 2.48. The minimum absolute atomic E-state index is 0.793. The molecule has 0 aliphatic rings. The summed E-state index contributed by atoms with van der Waals surface area (Å²) in [5.74, 6) is 0. The first-order valence-corrected chi connectivity index (χ1v) is 18.9. The highest BCUT2D eigenvalue weighted by molar-refractivity contribution is 7.85. The van der Waals surface area contributed by atoms with Crippen molar-refractivity contribution < 1.29 is 4.57 Å². The van der Waals surface area contributed by atoms with Crippen molar-refractivity contribution in [2.75, 3.05) is 4.90 Å². The molecule has 0 fully saturated rings. The van der Waals surface area contributed by atoms with Gasteiger partial charge in [-0.3, -0.25) is 0 Å². The minimum Gasteiger partial charge on any atom is -0.311 e. The van der Waals surface area contributed by atoms with Gasteiger partial charge in [0.25, 0.3) is 0 Å². The summed E-state index contributed by atoms with van der Waals surface area (Å²) in [6.45, 7) is 0. The molecule has 0 N–H and O–H groups in total. The molecule has 0 aliphatic heterocycles. The van der Waals surface area contributed by atoms with E-state index in [1.54, 1.807) is 0 Å². The smallest absolute Gasteiger partial charge is 0.171 e. The van der Waals surface area contributed by atoms with Crippen molar-refractivity contribution in [1.29, 1.82) is 0 Å². The maximum atomic E-state index is 16.2. The fourth-order valence-electron chi connectivity index (χ4n) is 7.34. The predicted octanol–water partition coefficient (Wildman–Crippen LogP) is 11.3. The Morgan fingerprint density at radius 2 is 0.902 bits per heavy atom. The van der Waals surface area contributed by atoms with Crippen LogP contribution in [0, 0.1) is 0 Å². The van der Waals surface area contributed by atoms with Gasteiger partial charge in [-0.1, -0.05) is 152 Å². The number of anilines is 3. The van der Waals surface area contributed by atoms with E-state index >= 15 is 4.57 Å². The van der Waals surface area contributed by atoms with Gasteiger partial charge in [-0.05, 0) is 59.3 Å². The second-order valence-electron chi connectivity index (χ2n) is 12.7. The molecule has 0 amide bonds. The van der Waals surface area contributed by atoms with Gasteiger partial charge >= 0.3 is 0 Å². The van der Waals surface area contributed by atoms with E-state index in [4.69, 9.17) is 4.98 Å². The lowest BCUT2D eigenvalue weighted by atomic mass is 9.95. The van der Waals surface area contributed by atoms with Gasteiger partial charge in [0.2, 0.25) is 0 Å². The molecular formula is C47H33N2OP. The first-order valence-electron chi connectivity index (χ1n) is 17.2. The molecule has 4 heteroatoms. The highest BCUT2D eigenvalue weighted by Gasteiger charge is 2.34. The van der Waals surface area contributed by atoms with Crippen LogP contribution in [-0.2, 0) is 4.57 Å². The number of fused-ring (bicyclic) bond motifs is 5. The maximum Gasteiger partial charge on any atom is 0.171 e. The van der Waals surface area contributed by atoms with Crippen LogP contribution >= 0.6 is 7.14 Å². The van der Waals surface area contributed by atoms with Gasteiger partial charge in [0, 0.05) is 54.7 Å². The molecule has 0 saturated heterocycles. The molecule has 8 aromatic carbocycles. The van der Waals surface area contributed by atoms with Crippen LogP contribution in [0.15, 0.2) is 200 Å². The van der Waals surface area contributed by atoms with Crippen molar-refractivity contribution >= 4 is 72.6 Å². The molecule has 1 aromatic heterocycles. The van der Waals surface area contributed by atoms with Crippen molar-refractivity contribution in [3.05, 3.63) is 200 Å². The number of hydrogen-bond acceptors (Lipinski definition) is 3. The third-order valence-corrected chi connectivity index (χ3v) is 12.8. The summed E-state index contributed by atoms with van der Waals surface area (Å²) in [6.07, 6.45) is 0. The largest absolute Gasteiger partial charge is 0.311 e. The normalized spacial score (nSPS) is 11.6. The van der Waals surface area contributed by atoms with E-state index in [9.17, 15) is 0 Å². The lowest BCUT2D eigenvalue weighted by Crippen LogP contribution is -2.26. The number of aromatic nitrogens is 1. The van der Waals surface area contributed by atoms with E-state index in [1.807, 2.05) is 78.9 Å². The Kier molecular flexibility index (Phi) is 7.76. The van der Waals surface area contributed by atoms with Crippen molar-refractivity contribution in [1.82, 2.24) is 4.98 Å². The van der Waals surface area contributed by atoms with Crippen LogP contribution in [-0.4, -0.2) is 4.98 Å². The zero-order valence-corrected chi connectivity index (χ0v) is 28.7. The summed E-state index contributed by atoms with van der Waals surface area (Å²) in [5, 5.41) is 7.56. The number of nitrogens with zero attached hydrogens (tertiary/aromatic N) is 2. The molecule has 242 valence electrons. The van der Waals surface area contributed by atoms with Gasteiger partial charge in [0.15, 0.2) is 7.14 Å². The Morgan fingerprint density at radius 3 is 1.49 bits per heavy atom. The lowest BCUT2D eigenvalue weighted by Gasteiger charge is -2.26. The second-order valence-corrected chi connectivity index (χ2v) is 15.4. The van der Waals surface area contributed by atoms with E-state index in [1.165, 1.54) is 0 Å². The Labute approximate surface area is 297 Å². The number of pyridine rings is 1. The summed E-state index contributed by atoms with van der Waals surface area (Å²) in [5.41, 5.74) is 5.85. The first-order chi connectivity index (χ1) is 25.2. The molecule has 3 nitrogen and oxygen atoms in total. The van der Waals surface area contributed by atoms with E-state index in [0.717, 1.165) is 76.7 Å². The topological polar surface area (TPSA) is 33.2 Å². The first kappa shape index (κ1) is 30.8. The Morgan fingerprint density at radius 1 is 0.431 bits per heavy atom. The van der Waals surface area contributed by atoms with Crippen LogP contribution < -0.4 is 20.8 Å². The van der Waals surface area contributed by atoms with Crippen molar-refractivity contribution in [2.45, 2.75) is 0 Å². The summed E-state index contributed by atoms with van der Waals surface area (Å²) < 4.78 is 16.2. The summed E-state index contributed by atoms with van der Waals surface area (Å²) >= 11 is 0. The van der Waals surface area contributed by atoms with Crippen molar-refractivity contribution in [3.63, 3.8) is 0 Å². The van der Waals surface area contributed by atoms with E-state index in [-0.39, 0.29) is 0 Å². The van der Waals surface area contributed by atoms with Crippen LogP contribution in [0.5, 0.6) is 0 Å². The second kappa shape index (κ2) is 12.9. The monoisotopic (exact) mass is 672 g/mol. The summed E-state index contributed by atoms with van der Waals surface area (Å²) in [4.78, 5) is 7.66. The third-order valence-electron chi connectivity index (χ3n) is 9.68. The summed E-state index contributed by atoms with van der Waals surface area (Å²) in [7, 11) is -3.41. The molecular weight excluding hydrogens is 640 g/mol. The molecule has 0 saturated carbocycles. The number of hydrogen-bond donors (Lipinski definition) is 0. The SMILES string of the molecule is O=P(c1ccccc1)(c1ccccc1)c1cc2ccccc2c2c1c(-c1ccc(N(c3ccccc3)c3ccccc3)cc1)nc1ccccc12. The van der Waals surface area contributed by atoms with Gasteiger partial charge in [-0.2, -0.15) is 0 Å². The maximum absolute atomic E-state index is 16.2. The summed E-state index contributed by atoms with van der Waals surface area (Å²) in [6, 6.07) is 68.3. The van der Waals surface area contributed by atoms with Crippen molar-refractivity contribution in [3.8, 4) is 11.3 Å². The molecule has 0 unspecified atom stereocenters. The van der Waals surface area contributed by atoms with Gasteiger partial charge in [-0.25, -0.2) is 4.98 Å². The zero-order chi connectivity index (χ0) is 34.2. The van der Waals surface area contributed by atoms with E-state index in [0.29, 0.717) is 0 Å². The minimum atomic E-state index is -3.41. The number of para-hydroxylation sites is 3. The molecule has 1 heterocycles. The van der Waals surface area contributed by atoms with Gasteiger partial charge in [-0.15, -0.1) is 0 Å². The van der Waals surface area contributed by atoms with Crippen LogP contribution in [0.3, 0.4) is 0 Å². The molecule has 0 atom stereocenters. The Hall–Kier alpha value is -6.28. The van der Waals surface area contributed by atoms with Crippen LogP contribution in [0.25, 0.3) is 43.7 Å². The fraction of sp³-hybridized carbons (Fsp3) is 0. The molecule has 0 bridgehead atoms. The molecule has 0 aliphatic carbocycles. The number of rotatable bonds is 7. The lowest BCUT2D eigenvalue weighted by molar-refractivity contribution is 0.592. The average molecular weight is 673 g/mol. The van der Waals surface area contributed by atoms with Gasteiger partial charge in [0.1, 0.15) is 0 Å². The molecule has 9 aromatic rings. The molecule has 0 radical (unpaired) electrons. The molecule has 0 spiro atoms. The van der Waals surface area contributed by atoms with E-state index in [2.05, 4.69) is 126 Å². The highest BCUT2D eigenvalue weighted by atomic mass is 31.2. The van der Waals surface area contributed by atoms with E-state index < -0.39 is 7.14 Å². The number of benzene rings is 8. The standard InChI is InChI=1S/C47H33N2OP/c50-51(39-22-9-3-10-23-39,40-24-11-4-12-25-40)44-33-35-17-13-14-26-41(35)45-42-27-15-16-28-43(42)48-47(46(44)45)34-29-31-38(32-30-34)49(36-18-5-1-6-19-36)37-20-7-2-8-21-37/h1-33H. The quantitative estimate of drug-likeness (QED) is 0.125. The molecule has 9 rings (SSSR count). The third kappa shape index (κ3) is 5.31.